The van der Waals surface area contributed by atoms with Crippen LogP contribution in [0.5, 0.6) is 11.5 Å². The Morgan fingerprint density at radius 3 is 2.70 bits per heavy atom. The number of methoxy groups -OCH3 is 1. The van der Waals surface area contributed by atoms with Gasteiger partial charge in [0.15, 0.2) is 11.5 Å². The van der Waals surface area contributed by atoms with Crippen LogP contribution in [0.1, 0.15) is 11.3 Å². The van der Waals surface area contributed by atoms with Gasteiger partial charge in [-0.1, -0.05) is 17.7 Å². The summed E-state index contributed by atoms with van der Waals surface area (Å²) >= 11 is 6.12. The summed E-state index contributed by atoms with van der Waals surface area (Å²) in [6.07, 6.45) is 0. The Kier molecular flexibility index (Phi) is 4.69. The van der Waals surface area contributed by atoms with Crippen molar-refractivity contribution in [1.29, 1.82) is 0 Å². The molecule has 0 radical (unpaired) electrons. The molecule has 2 aromatic rings. The number of benzene rings is 1. The van der Waals surface area contributed by atoms with Gasteiger partial charge in [0, 0.05) is 7.05 Å². The van der Waals surface area contributed by atoms with Gasteiger partial charge in [-0.15, -0.1) is 0 Å². The molecule has 0 fully saturated rings. The monoisotopic (exact) mass is 292 g/mol. The topological polar surface area (TPSA) is 43.4 Å². The smallest absolute Gasteiger partial charge is 0.161 e. The van der Waals surface area contributed by atoms with E-state index in [4.69, 9.17) is 21.1 Å². The second-order valence-corrected chi connectivity index (χ2v) is 4.73. The van der Waals surface area contributed by atoms with Gasteiger partial charge in [0.05, 0.1) is 17.8 Å². The second-order valence-electron chi connectivity index (χ2n) is 4.32. The molecule has 1 aromatic carbocycles. The zero-order valence-corrected chi connectivity index (χ0v) is 12.5. The van der Waals surface area contributed by atoms with Gasteiger partial charge in [-0.3, -0.25) is 0 Å². The molecule has 0 aliphatic heterocycles. The van der Waals surface area contributed by atoms with E-state index in [-0.39, 0.29) is 6.61 Å². The molecule has 4 nitrogen and oxygen atoms in total. The lowest BCUT2D eigenvalue weighted by atomic mass is 10.2. The highest BCUT2D eigenvalue weighted by atomic mass is 35.5. The predicted molar refractivity (Wildman–Crippen MR) is 80.9 cm³/mol. The number of aryl methyl sites for hydroxylation is 1. The van der Waals surface area contributed by atoms with E-state index in [0.717, 1.165) is 11.4 Å². The Labute approximate surface area is 123 Å². The Bertz CT molecular complexity index is 602. The number of anilines is 1. The molecule has 1 N–H and O–H groups in total. The van der Waals surface area contributed by atoms with Crippen molar-refractivity contribution in [1.82, 2.24) is 4.98 Å². The lowest BCUT2D eigenvalue weighted by Crippen LogP contribution is -2.03. The van der Waals surface area contributed by atoms with Gasteiger partial charge in [0.2, 0.25) is 0 Å². The van der Waals surface area contributed by atoms with Crippen LogP contribution in [0.25, 0.3) is 0 Å². The molecule has 1 aromatic heterocycles. The fourth-order valence-electron chi connectivity index (χ4n) is 1.76. The highest BCUT2D eigenvalue weighted by Crippen LogP contribution is 2.29. The number of hydrogen-bond donors (Lipinski definition) is 1. The van der Waals surface area contributed by atoms with Crippen molar-refractivity contribution in [2.24, 2.45) is 0 Å². The van der Waals surface area contributed by atoms with Crippen molar-refractivity contribution < 1.29 is 9.47 Å². The van der Waals surface area contributed by atoms with E-state index >= 15 is 0 Å². The zero-order valence-electron chi connectivity index (χ0n) is 11.7. The number of aromatic nitrogens is 1. The average molecular weight is 293 g/mol. The normalized spacial score (nSPS) is 10.2. The first kappa shape index (κ1) is 14.5. The van der Waals surface area contributed by atoms with Crippen LogP contribution >= 0.6 is 11.6 Å². The molecule has 2 rings (SSSR count). The Balaban J connectivity index is 2.16. The third-order valence-electron chi connectivity index (χ3n) is 2.86. The fraction of sp³-hybridized carbons (Fsp3) is 0.267. The van der Waals surface area contributed by atoms with Crippen LogP contribution in [-0.2, 0) is 6.61 Å². The SMILES string of the molecule is CNc1ccc(Cl)c(COc2ccc(C)cc2OC)n1. The summed E-state index contributed by atoms with van der Waals surface area (Å²) in [5.74, 6) is 2.13. The number of rotatable bonds is 5. The lowest BCUT2D eigenvalue weighted by Gasteiger charge is -2.12. The molecule has 0 aliphatic carbocycles. The quantitative estimate of drug-likeness (QED) is 0.913. The first-order valence-corrected chi connectivity index (χ1v) is 6.62. The summed E-state index contributed by atoms with van der Waals surface area (Å²) in [5.41, 5.74) is 1.80. The number of halogens is 1. The van der Waals surface area contributed by atoms with Crippen LogP contribution in [0.2, 0.25) is 5.02 Å². The van der Waals surface area contributed by atoms with Crippen molar-refractivity contribution in [3.63, 3.8) is 0 Å². The molecule has 20 heavy (non-hydrogen) atoms. The van der Waals surface area contributed by atoms with Crippen LogP contribution in [0.3, 0.4) is 0 Å². The van der Waals surface area contributed by atoms with Crippen molar-refractivity contribution in [2.75, 3.05) is 19.5 Å². The molecular weight excluding hydrogens is 276 g/mol. The molecule has 0 amide bonds. The van der Waals surface area contributed by atoms with E-state index in [1.54, 1.807) is 13.2 Å². The first-order valence-electron chi connectivity index (χ1n) is 6.24. The Morgan fingerprint density at radius 2 is 2.00 bits per heavy atom. The molecule has 0 saturated heterocycles. The molecule has 0 aliphatic rings. The van der Waals surface area contributed by atoms with Gasteiger partial charge in [-0.2, -0.15) is 0 Å². The van der Waals surface area contributed by atoms with Crippen LogP contribution in [-0.4, -0.2) is 19.1 Å². The maximum atomic E-state index is 6.12. The number of nitrogens with one attached hydrogen (secondary N) is 1. The second kappa shape index (κ2) is 6.48. The summed E-state index contributed by atoms with van der Waals surface area (Å²) in [6, 6.07) is 9.39. The van der Waals surface area contributed by atoms with Crippen molar-refractivity contribution in [3.05, 3.63) is 46.6 Å². The summed E-state index contributed by atoms with van der Waals surface area (Å²) in [5, 5.41) is 3.55. The molecule has 0 unspecified atom stereocenters. The number of ether oxygens (including phenoxy) is 2. The fourth-order valence-corrected chi connectivity index (χ4v) is 1.92. The summed E-state index contributed by atoms with van der Waals surface area (Å²) in [4.78, 5) is 4.37. The van der Waals surface area contributed by atoms with Gasteiger partial charge >= 0.3 is 0 Å². The van der Waals surface area contributed by atoms with Gasteiger partial charge in [-0.05, 0) is 36.8 Å². The molecule has 1 heterocycles. The van der Waals surface area contributed by atoms with E-state index in [1.165, 1.54) is 0 Å². The Morgan fingerprint density at radius 1 is 1.20 bits per heavy atom. The molecule has 5 heteroatoms. The van der Waals surface area contributed by atoms with Crippen LogP contribution in [0.4, 0.5) is 5.82 Å². The summed E-state index contributed by atoms with van der Waals surface area (Å²) in [6.45, 7) is 2.29. The third-order valence-corrected chi connectivity index (χ3v) is 3.20. The Hall–Kier alpha value is -1.94. The van der Waals surface area contributed by atoms with Crippen LogP contribution in [0, 0.1) is 6.92 Å². The maximum absolute atomic E-state index is 6.12. The van der Waals surface area contributed by atoms with Crippen molar-refractivity contribution in [3.8, 4) is 11.5 Å². The van der Waals surface area contributed by atoms with E-state index in [1.807, 2.05) is 38.2 Å². The van der Waals surface area contributed by atoms with Gasteiger partial charge in [0.1, 0.15) is 12.4 Å². The highest BCUT2D eigenvalue weighted by molar-refractivity contribution is 6.31. The van der Waals surface area contributed by atoms with Crippen LogP contribution < -0.4 is 14.8 Å². The molecule has 0 bridgehead atoms. The third kappa shape index (κ3) is 3.33. The minimum Gasteiger partial charge on any atom is -0.493 e. The molecule has 0 spiro atoms. The predicted octanol–water partition coefficient (Wildman–Crippen LogP) is 3.67. The number of nitrogens with zero attached hydrogens (tertiary/aromatic N) is 1. The van der Waals surface area contributed by atoms with E-state index in [9.17, 15) is 0 Å². The van der Waals surface area contributed by atoms with Crippen LogP contribution in [0.15, 0.2) is 30.3 Å². The molecular formula is C15H17ClN2O2. The summed E-state index contributed by atoms with van der Waals surface area (Å²) < 4.78 is 11.0. The average Bonchev–Trinajstić information content (AvgIpc) is 2.47. The van der Waals surface area contributed by atoms with Gasteiger partial charge in [-0.25, -0.2) is 4.98 Å². The van der Waals surface area contributed by atoms with Crippen molar-refractivity contribution >= 4 is 17.4 Å². The van der Waals surface area contributed by atoms with E-state index in [0.29, 0.717) is 22.2 Å². The summed E-state index contributed by atoms with van der Waals surface area (Å²) in [7, 11) is 3.43. The zero-order chi connectivity index (χ0) is 14.5. The number of hydrogen-bond acceptors (Lipinski definition) is 4. The van der Waals surface area contributed by atoms with E-state index < -0.39 is 0 Å². The molecule has 106 valence electrons. The van der Waals surface area contributed by atoms with Gasteiger partial charge in [0.25, 0.3) is 0 Å². The number of pyridine rings is 1. The largest absolute Gasteiger partial charge is 0.493 e. The first-order chi connectivity index (χ1) is 9.63. The minimum atomic E-state index is 0.285. The van der Waals surface area contributed by atoms with Crippen molar-refractivity contribution in [2.45, 2.75) is 13.5 Å². The van der Waals surface area contributed by atoms with E-state index in [2.05, 4.69) is 10.3 Å². The highest BCUT2D eigenvalue weighted by Gasteiger charge is 2.08. The standard InChI is InChI=1S/C15H17ClN2O2/c1-10-4-6-13(14(8-10)19-3)20-9-12-11(16)5-7-15(17-2)18-12/h4-8H,9H2,1-3H3,(H,17,18). The molecule has 0 atom stereocenters. The van der Waals surface area contributed by atoms with Gasteiger partial charge < -0.3 is 14.8 Å². The maximum Gasteiger partial charge on any atom is 0.161 e. The lowest BCUT2D eigenvalue weighted by molar-refractivity contribution is 0.281. The minimum absolute atomic E-state index is 0.285. The molecule has 0 saturated carbocycles.